The van der Waals surface area contributed by atoms with Gasteiger partial charge in [0.2, 0.25) is 5.91 Å². The number of amides is 2. The minimum Gasteiger partial charge on any atom is -0.364 e. The zero-order valence-electron chi connectivity index (χ0n) is 12.2. The first-order valence-electron chi connectivity index (χ1n) is 7.03. The average Bonchev–Trinajstić information content (AvgIpc) is 2.47. The maximum absolute atomic E-state index is 12.5. The highest BCUT2D eigenvalue weighted by Gasteiger charge is 2.33. The Bertz CT molecular complexity index is 596. The summed E-state index contributed by atoms with van der Waals surface area (Å²) in [5.41, 5.74) is 0.429. The first-order valence-corrected chi connectivity index (χ1v) is 7.03. The molecule has 3 N–H and O–H groups in total. The Morgan fingerprint density at radius 3 is 2.90 bits per heavy atom. The molecule has 1 aliphatic rings. The third-order valence-corrected chi connectivity index (χ3v) is 3.45. The van der Waals surface area contributed by atoms with Gasteiger partial charge in [0.25, 0.3) is 5.91 Å². The third-order valence-electron chi connectivity index (χ3n) is 3.45. The van der Waals surface area contributed by atoms with Crippen molar-refractivity contribution < 1.29 is 9.59 Å². The fourth-order valence-corrected chi connectivity index (χ4v) is 2.37. The van der Waals surface area contributed by atoms with Gasteiger partial charge in [-0.3, -0.25) is 14.4 Å². The quantitative estimate of drug-likeness (QED) is 0.682. The van der Waals surface area contributed by atoms with Crippen molar-refractivity contribution in [1.29, 1.82) is 0 Å². The number of nitrogens with one attached hydrogen (secondary N) is 3. The molecule has 114 valence electrons. The number of hydrogen-bond acceptors (Lipinski definition) is 4. The van der Waals surface area contributed by atoms with E-state index in [9.17, 15) is 14.4 Å². The van der Waals surface area contributed by atoms with Gasteiger partial charge in [-0.2, -0.15) is 0 Å². The number of rotatable bonds is 3. The number of aryl methyl sites for hydroxylation is 1. The standard InChI is InChI=1S/C14H20N4O3/c1-3-16-13(20)11-8-15-4-5-18(11)14(21)10-7-17-9(2)6-12(10)19/h6-7,11,15H,3-5,8H2,1-2H3,(H,16,20)(H,17,19). The Labute approximate surface area is 122 Å². The highest BCUT2D eigenvalue weighted by Crippen LogP contribution is 2.08. The van der Waals surface area contributed by atoms with Crippen LogP contribution in [-0.4, -0.2) is 53.9 Å². The Hall–Kier alpha value is -2.15. The SMILES string of the molecule is CCNC(=O)C1CNCCN1C(=O)c1c[nH]c(C)cc1=O. The topological polar surface area (TPSA) is 94.3 Å². The molecule has 7 nitrogen and oxygen atoms in total. The monoisotopic (exact) mass is 292 g/mol. The fraction of sp³-hybridized carbons (Fsp3) is 0.500. The van der Waals surface area contributed by atoms with Crippen molar-refractivity contribution >= 4 is 11.8 Å². The van der Waals surface area contributed by atoms with E-state index in [2.05, 4.69) is 15.6 Å². The number of carbonyl (C=O) groups excluding carboxylic acids is 2. The third kappa shape index (κ3) is 3.30. The van der Waals surface area contributed by atoms with Crippen LogP contribution in [0.5, 0.6) is 0 Å². The molecule has 0 saturated carbocycles. The minimum atomic E-state index is -0.591. The molecule has 2 heterocycles. The summed E-state index contributed by atoms with van der Waals surface area (Å²) < 4.78 is 0. The van der Waals surface area contributed by atoms with Gasteiger partial charge in [-0.25, -0.2) is 0 Å². The molecule has 1 aromatic heterocycles. The van der Waals surface area contributed by atoms with Crippen molar-refractivity contribution in [3.05, 3.63) is 33.7 Å². The van der Waals surface area contributed by atoms with Crippen LogP contribution in [0.15, 0.2) is 17.1 Å². The van der Waals surface area contributed by atoms with E-state index in [1.54, 1.807) is 6.92 Å². The van der Waals surface area contributed by atoms with Crippen molar-refractivity contribution in [2.75, 3.05) is 26.2 Å². The summed E-state index contributed by atoms with van der Waals surface area (Å²) in [6.45, 7) is 5.46. The molecule has 0 radical (unpaired) electrons. The van der Waals surface area contributed by atoms with Gasteiger partial charge in [0.15, 0.2) is 5.43 Å². The normalized spacial score (nSPS) is 18.4. The number of hydrogen-bond donors (Lipinski definition) is 3. The summed E-state index contributed by atoms with van der Waals surface area (Å²) in [6.07, 6.45) is 1.41. The highest BCUT2D eigenvalue weighted by molar-refractivity contribution is 5.97. The van der Waals surface area contributed by atoms with Crippen LogP contribution >= 0.6 is 0 Å². The number of pyridine rings is 1. The van der Waals surface area contributed by atoms with Gasteiger partial charge in [0.05, 0.1) is 0 Å². The Morgan fingerprint density at radius 2 is 2.24 bits per heavy atom. The van der Waals surface area contributed by atoms with Gasteiger partial charge in [0.1, 0.15) is 11.6 Å². The lowest BCUT2D eigenvalue weighted by Gasteiger charge is -2.35. The highest BCUT2D eigenvalue weighted by atomic mass is 16.2. The van der Waals surface area contributed by atoms with Crippen LogP contribution in [0.25, 0.3) is 0 Å². The summed E-state index contributed by atoms with van der Waals surface area (Å²) in [5, 5.41) is 5.81. The van der Waals surface area contributed by atoms with Gasteiger partial charge in [-0.15, -0.1) is 0 Å². The number of H-pyrrole nitrogens is 1. The van der Waals surface area contributed by atoms with E-state index in [0.717, 1.165) is 0 Å². The first kappa shape index (κ1) is 15.2. The Morgan fingerprint density at radius 1 is 1.48 bits per heavy atom. The Kier molecular flexibility index (Phi) is 4.74. The van der Waals surface area contributed by atoms with Gasteiger partial charge in [-0.05, 0) is 13.8 Å². The molecule has 0 aliphatic carbocycles. The molecule has 1 aliphatic heterocycles. The molecule has 21 heavy (non-hydrogen) atoms. The van der Waals surface area contributed by atoms with E-state index in [1.165, 1.54) is 17.2 Å². The maximum atomic E-state index is 12.5. The van der Waals surface area contributed by atoms with Crippen molar-refractivity contribution in [3.8, 4) is 0 Å². The van der Waals surface area contributed by atoms with Gasteiger partial charge in [-0.1, -0.05) is 0 Å². The average molecular weight is 292 g/mol. The molecule has 1 unspecified atom stereocenters. The van der Waals surface area contributed by atoms with Gasteiger partial charge in [0, 0.05) is 44.1 Å². The van der Waals surface area contributed by atoms with E-state index in [0.29, 0.717) is 31.9 Å². The largest absolute Gasteiger partial charge is 0.364 e. The predicted molar refractivity (Wildman–Crippen MR) is 78.2 cm³/mol. The molecule has 1 saturated heterocycles. The predicted octanol–water partition coefficient (Wildman–Crippen LogP) is -0.767. The van der Waals surface area contributed by atoms with E-state index < -0.39 is 11.9 Å². The lowest BCUT2D eigenvalue weighted by molar-refractivity contribution is -0.126. The van der Waals surface area contributed by atoms with Crippen LogP contribution in [-0.2, 0) is 4.79 Å². The van der Waals surface area contributed by atoms with Crippen molar-refractivity contribution in [3.63, 3.8) is 0 Å². The summed E-state index contributed by atoms with van der Waals surface area (Å²) in [6, 6.07) is 0.795. The molecule has 7 heteroatoms. The number of nitrogens with zero attached hydrogens (tertiary/aromatic N) is 1. The zero-order chi connectivity index (χ0) is 15.4. The lowest BCUT2D eigenvalue weighted by atomic mass is 10.1. The van der Waals surface area contributed by atoms with E-state index >= 15 is 0 Å². The summed E-state index contributed by atoms with van der Waals surface area (Å²) in [5.74, 6) is -0.615. The summed E-state index contributed by atoms with van der Waals surface area (Å²) in [4.78, 5) is 40.9. The first-order chi connectivity index (χ1) is 10.0. The molecule has 0 bridgehead atoms. The summed E-state index contributed by atoms with van der Waals surface area (Å²) >= 11 is 0. The molecule has 2 amide bonds. The molecular weight excluding hydrogens is 272 g/mol. The van der Waals surface area contributed by atoms with Crippen LogP contribution < -0.4 is 16.1 Å². The number of aromatic amines is 1. The minimum absolute atomic E-state index is 0.0665. The van der Waals surface area contributed by atoms with Crippen LogP contribution in [0.4, 0.5) is 0 Å². The zero-order valence-corrected chi connectivity index (χ0v) is 12.2. The molecule has 0 aromatic carbocycles. The van der Waals surface area contributed by atoms with Crippen molar-refractivity contribution in [1.82, 2.24) is 20.5 Å². The van der Waals surface area contributed by atoms with Crippen molar-refractivity contribution in [2.45, 2.75) is 19.9 Å². The maximum Gasteiger partial charge on any atom is 0.260 e. The van der Waals surface area contributed by atoms with Crippen molar-refractivity contribution in [2.24, 2.45) is 0 Å². The van der Waals surface area contributed by atoms with E-state index in [-0.39, 0.29) is 16.9 Å². The number of piperazine rings is 1. The van der Waals surface area contributed by atoms with Gasteiger partial charge < -0.3 is 20.5 Å². The van der Waals surface area contributed by atoms with E-state index in [1.807, 2.05) is 6.92 Å². The number of aromatic nitrogens is 1. The lowest BCUT2D eigenvalue weighted by Crippen LogP contribution is -2.60. The van der Waals surface area contributed by atoms with Crippen LogP contribution in [0.1, 0.15) is 23.0 Å². The second kappa shape index (κ2) is 6.53. The Balaban J connectivity index is 2.26. The molecule has 0 spiro atoms. The molecular formula is C14H20N4O3. The molecule has 1 fully saturated rings. The number of carbonyl (C=O) groups is 2. The second-order valence-electron chi connectivity index (χ2n) is 5.01. The van der Waals surface area contributed by atoms with Gasteiger partial charge >= 0.3 is 0 Å². The molecule has 1 aromatic rings. The molecule has 1 atom stereocenters. The van der Waals surface area contributed by atoms with Crippen LogP contribution in [0.3, 0.4) is 0 Å². The molecule has 2 rings (SSSR count). The summed E-state index contributed by atoms with van der Waals surface area (Å²) in [7, 11) is 0. The fourth-order valence-electron chi connectivity index (χ4n) is 2.37. The van der Waals surface area contributed by atoms with Crippen LogP contribution in [0, 0.1) is 6.92 Å². The number of likely N-dealkylation sites (N-methyl/N-ethyl adjacent to an activating group) is 1. The second-order valence-corrected chi connectivity index (χ2v) is 5.01. The smallest absolute Gasteiger partial charge is 0.260 e. The van der Waals surface area contributed by atoms with E-state index in [4.69, 9.17) is 0 Å². The van der Waals surface area contributed by atoms with Crippen LogP contribution in [0.2, 0.25) is 0 Å².